The van der Waals surface area contributed by atoms with Gasteiger partial charge < -0.3 is 24.6 Å². The molecule has 3 rings (SSSR count). The van der Waals surface area contributed by atoms with Crippen molar-refractivity contribution in [2.45, 2.75) is 33.2 Å². The molecule has 1 atom stereocenters. The summed E-state index contributed by atoms with van der Waals surface area (Å²) in [6, 6.07) is 6.59. The number of rotatable bonds is 8. The van der Waals surface area contributed by atoms with Crippen LogP contribution in [0.25, 0.3) is 5.76 Å². The van der Waals surface area contributed by atoms with Crippen LogP contribution in [0.4, 0.5) is 0 Å². The zero-order valence-electron chi connectivity index (χ0n) is 20.1. The quantitative estimate of drug-likeness (QED) is 0.231. The summed E-state index contributed by atoms with van der Waals surface area (Å²) in [5, 5.41) is 11.4. The van der Waals surface area contributed by atoms with Gasteiger partial charge in [-0.3, -0.25) is 9.59 Å². The van der Waals surface area contributed by atoms with E-state index in [4.69, 9.17) is 4.74 Å². The number of carbonyl (C=O) groups is 3. The minimum absolute atomic E-state index is 0.00793. The molecule has 8 nitrogen and oxygen atoms in total. The largest absolute Gasteiger partial charge is 0.507 e. The van der Waals surface area contributed by atoms with Crippen LogP contribution in [0.3, 0.4) is 0 Å². The number of carbonyl (C=O) groups excluding carboxylic acids is 3. The van der Waals surface area contributed by atoms with E-state index in [1.807, 2.05) is 43.3 Å². The van der Waals surface area contributed by atoms with Gasteiger partial charge in [0, 0.05) is 22.3 Å². The van der Waals surface area contributed by atoms with Crippen LogP contribution in [0, 0.1) is 13.8 Å². The van der Waals surface area contributed by atoms with Gasteiger partial charge in [0.15, 0.2) is 0 Å². The highest BCUT2D eigenvalue weighted by molar-refractivity contribution is 9.10. The second-order valence-corrected chi connectivity index (χ2v) is 9.47. The van der Waals surface area contributed by atoms with Crippen LogP contribution in [0.2, 0.25) is 0 Å². The molecule has 1 saturated heterocycles. The molecule has 182 valence electrons. The van der Waals surface area contributed by atoms with Crippen LogP contribution < -0.4 is 0 Å². The maximum Gasteiger partial charge on any atom is 0.355 e. The fourth-order valence-corrected chi connectivity index (χ4v) is 4.76. The molecule has 1 fully saturated rings. The molecule has 1 aliphatic heterocycles. The number of aliphatic hydroxyl groups excluding tert-OH is 1. The molecule has 1 aromatic carbocycles. The third-order valence-corrected chi connectivity index (χ3v) is 6.36. The average Bonchev–Trinajstić information content (AvgIpc) is 3.21. The SMILES string of the molecule is CCOC(=O)c1[nH]c(C)c(C(O)=C2C(=O)C(=O)N(CCCN(C)C)[C@@H]2c2cccc(Br)c2)c1C. The first-order valence-electron chi connectivity index (χ1n) is 11.1. The van der Waals surface area contributed by atoms with E-state index >= 15 is 0 Å². The van der Waals surface area contributed by atoms with Crippen molar-refractivity contribution in [3.05, 3.63) is 62.4 Å². The van der Waals surface area contributed by atoms with Crippen molar-refractivity contribution in [2.75, 3.05) is 33.8 Å². The first-order valence-corrected chi connectivity index (χ1v) is 11.9. The third kappa shape index (κ3) is 4.95. The number of ketones is 1. The minimum atomic E-state index is -0.751. The zero-order chi connectivity index (χ0) is 25.2. The number of hydrogen-bond donors (Lipinski definition) is 2. The number of hydrogen-bond acceptors (Lipinski definition) is 6. The highest BCUT2D eigenvalue weighted by atomic mass is 79.9. The topological polar surface area (TPSA) is 103 Å². The van der Waals surface area contributed by atoms with Crippen molar-refractivity contribution in [1.29, 1.82) is 0 Å². The minimum Gasteiger partial charge on any atom is -0.507 e. The van der Waals surface area contributed by atoms with E-state index in [9.17, 15) is 19.5 Å². The summed E-state index contributed by atoms with van der Waals surface area (Å²) in [6.45, 7) is 6.39. The molecule has 0 bridgehead atoms. The number of aromatic amines is 1. The number of H-pyrrole nitrogens is 1. The number of likely N-dealkylation sites (tertiary alicyclic amines) is 1. The summed E-state index contributed by atoms with van der Waals surface area (Å²) in [6.07, 6.45) is 0.666. The van der Waals surface area contributed by atoms with E-state index in [1.165, 1.54) is 4.90 Å². The summed E-state index contributed by atoms with van der Waals surface area (Å²) in [5.74, 6) is -2.25. The van der Waals surface area contributed by atoms with Gasteiger partial charge >= 0.3 is 5.97 Å². The normalized spacial score (nSPS) is 17.6. The standard InChI is InChI=1S/C25H30BrN3O5/c1-6-34-25(33)20-14(2)18(15(3)27-20)22(30)19-21(16-9-7-10-17(26)13-16)29(24(32)23(19)31)12-8-11-28(4)5/h7,9-10,13,21,27,30H,6,8,11-12H2,1-5H3/t21-/m1/s1. The Bertz CT molecular complexity index is 1150. The molecule has 0 spiro atoms. The van der Waals surface area contributed by atoms with Crippen molar-refractivity contribution in [3.8, 4) is 0 Å². The maximum atomic E-state index is 13.2. The van der Waals surface area contributed by atoms with Gasteiger partial charge in [-0.25, -0.2) is 4.79 Å². The zero-order valence-corrected chi connectivity index (χ0v) is 21.7. The monoisotopic (exact) mass is 531 g/mol. The number of amides is 1. The lowest BCUT2D eigenvalue weighted by Gasteiger charge is -2.26. The Morgan fingerprint density at radius 1 is 1.26 bits per heavy atom. The van der Waals surface area contributed by atoms with Crippen LogP contribution in [-0.4, -0.2) is 71.3 Å². The molecular formula is C25H30BrN3O5. The van der Waals surface area contributed by atoms with Crippen LogP contribution in [0.1, 0.15) is 52.3 Å². The van der Waals surface area contributed by atoms with Gasteiger partial charge in [0.05, 0.1) is 18.2 Å². The van der Waals surface area contributed by atoms with Crippen molar-refractivity contribution in [2.24, 2.45) is 0 Å². The fraction of sp³-hybridized carbons (Fsp3) is 0.400. The van der Waals surface area contributed by atoms with Gasteiger partial charge in [-0.1, -0.05) is 28.1 Å². The molecule has 0 unspecified atom stereocenters. The van der Waals surface area contributed by atoms with Gasteiger partial charge in [-0.05, 0) is 71.1 Å². The van der Waals surface area contributed by atoms with E-state index < -0.39 is 23.7 Å². The molecule has 1 aromatic heterocycles. The second-order valence-electron chi connectivity index (χ2n) is 8.55. The molecular weight excluding hydrogens is 502 g/mol. The lowest BCUT2D eigenvalue weighted by atomic mass is 9.94. The van der Waals surface area contributed by atoms with Crippen LogP contribution in [0.15, 0.2) is 34.3 Å². The number of nitrogens with one attached hydrogen (secondary N) is 1. The smallest absolute Gasteiger partial charge is 0.355 e. The first-order chi connectivity index (χ1) is 16.1. The number of esters is 1. The van der Waals surface area contributed by atoms with E-state index in [-0.39, 0.29) is 23.6 Å². The summed E-state index contributed by atoms with van der Waals surface area (Å²) in [5.41, 5.74) is 2.21. The molecule has 0 saturated carbocycles. The van der Waals surface area contributed by atoms with Gasteiger partial charge in [0.2, 0.25) is 0 Å². The number of ether oxygens (including phenoxy) is 1. The van der Waals surface area contributed by atoms with E-state index in [1.54, 1.807) is 20.8 Å². The van der Waals surface area contributed by atoms with Crippen molar-refractivity contribution in [1.82, 2.24) is 14.8 Å². The van der Waals surface area contributed by atoms with Crippen molar-refractivity contribution in [3.63, 3.8) is 0 Å². The highest BCUT2D eigenvalue weighted by Gasteiger charge is 2.46. The predicted octanol–water partition coefficient (Wildman–Crippen LogP) is 3.94. The number of Topliss-reactive ketones (excluding diaryl/α,β-unsaturated/α-hetero) is 1. The third-order valence-electron chi connectivity index (χ3n) is 5.86. The summed E-state index contributed by atoms with van der Waals surface area (Å²) >= 11 is 3.46. The molecule has 2 heterocycles. The number of nitrogens with zero attached hydrogens (tertiary/aromatic N) is 2. The van der Waals surface area contributed by atoms with Gasteiger partial charge in [-0.15, -0.1) is 0 Å². The molecule has 0 aliphatic carbocycles. The van der Waals surface area contributed by atoms with E-state index in [2.05, 4.69) is 20.9 Å². The Labute approximate surface area is 207 Å². The van der Waals surface area contributed by atoms with Crippen LogP contribution in [-0.2, 0) is 14.3 Å². The molecule has 2 N–H and O–H groups in total. The highest BCUT2D eigenvalue weighted by Crippen LogP contribution is 2.41. The molecule has 9 heteroatoms. The number of benzene rings is 1. The number of halogens is 1. The van der Waals surface area contributed by atoms with E-state index in [0.717, 1.165) is 11.0 Å². The number of aliphatic hydroxyl groups is 1. The molecule has 0 radical (unpaired) electrons. The Kier molecular flexibility index (Phi) is 7.99. The Morgan fingerprint density at radius 2 is 1.97 bits per heavy atom. The van der Waals surface area contributed by atoms with Crippen molar-refractivity contribution >= 4 is 39.3 Å². The lowest BCUT2D eigenvalue weighted by Crippen LogP contribution is -2.32. The van der Waals surface area contributed by atoms with Gasteiger partial charge in [0.1, 0.15) is 11.5 Å². The van der Waals surface area contributed by atoms with Crippen LogP contribution >= 0.6 is 15.9 Å². The first kappa shape index (κ1) is 25.7. The van der Waals surface area contributed by atoms with Gasteiger partial charge in [-0.2, -0.15) is 0 Å². The fourth-order valence-electron chi connectivity index (χ4n) is 4.34. The number of aromatic nitrogens is 1. The molecule has 34 heavy (non-hydrogen) atoms. The lowest BCUT2D eigenvalue weighted by molar-refractivity contribution is -0.139. The Morgan fingerprint density at radius 3 is 2.59 bits per heavy atom. The predicted molar refractivity (Wildman–Crippen MR) is 133 cm³/mol. The van der Waals surface area contributed by atoms with E-state index in [0.29, 0.717) is 35.3 Å². The summed E-state index contributed by atoms with van der Waals surface area (Å²) < 4.78 is 5.89. The molecule has 1 amide bonds. The van der Waals surface area contributed by atoms with Gasteiger partial charge in [0.25, 0.3) is 11.7 Å². The maximum absolute atomic E-state index is 13.2. The molecule has 1 aliphatic rings. The second kappa shape index (κ2) is 10.6. The number of aryl methyl sites for hydroxylation is 1. The summed E-state index contributed by atoms with van der Waals surface area (Å²) in [4.78, 5) is 45.2. The van der Waals surface area contributed by atoms with Crippen molar-refractivity contribution < 1.29 is 24.2 Å². The Balaban J connectivity index is 2.16. The molecule has 2 aromatic rings. The Hall–Kier alpha value is -2.91. The summed E-state index contributed by atoms with van der Waals surface area (Å²) in [7, 11) is 3.89. The van der Waals surface area contributed by atoms with Crippen LogP contribution in [0.5, 0.6) is 0 Å². The average molecular weight is 532 g/mol.